The zero-order valence-corrected chi connectivity index (χ0v) is 26.3. The van der Waals surface area contributed by atoms with Crippen molar-refractivity contribution in [3.05, 3.63) is 106 Å². The summed E-state index contributed by atoms with van der Waals surface area (Å²) in [6.07, 6.45) is 0. The van der Waals surface area contributed by atoms with Gasteiger partial charge >= 0.3 is 0 Å². The second-order valence-corrected chi connectivity index (χ2v) is 13.3. The first-order valence-corrected chi connectivity index (χ1v) is 16.2. The van der Waals surface area contributed by atoms with Crippen LogP contribution in [0.15, 0.2) is 94.7 Å². The van der Waals surface area contributed by atoms with Gasteiger partial charge in [0.1, 0.15) is 18.0 Å². The summed E-state index contributed by atoms with van der Waals surface area (Å²) in [7, 11) is -5.97. The third-order valence-electron chi connectivity index (χ3n) is 6.66. The van der Waals surface area contributed by atoms with Crippen molar-refractivity contribution in [1.82, 2.24) is 0 Å². The highest BCUT2D eigenvalue weighted by Gasteiger charge is 2.34. The van der Waals surface area contributed by atoms with Crippen molar-refractivity contribution in [2.24, 2.45) is 0 Å². The number of hydrogen-bond acceptors (Lipinski definition) is 9. The molecule has 0 heterocycles. The number of methoxy groups -OCH3 is 2. The number of hydrogen-bond donors (Lipinski definition) is 2. The first-order chi connectivity index (χ1) is 21.3. The predicted octanol–water partition coefficient (Wildman–Crippen LogP) is 4.86. The number of nitrogens with one attached hydrogen (secondary N) is 2. The van der Waals surface area contributed by atoms with Crippen LogP contribution in [0.3, 0.4) is 0 Å². The van der Waals surface area contributed by atoms with Crippen LogP contribution in [0.1, 0.15) is 11.1 Å². The molecule has 0 aliphatic carbocycles. The molecular weight excluding hydrogens is 624 g/mol. The fourth-order valence-corrected chi connectivity index (χ4v) is 7.05. The van der Waals surface area contributed by atoms with Crippen LogP contribution < -0.4 is 23.8 Å². The van der Waals surface area contributed by atoms with Crippen LogP contribution in [0.2, 0.25) is 0 Å². The molecule has 15 heteroatoms. The first-order valence-electron chi connectivity index (χ1n) is 13.2. The fraction of sp³-hybridized carbons (Fsp3) is 0.167. The van der Waals surface area contributed by atoms with E-state index in [9.17, 15) is 31.7 Å². The molecule has 13 nitrogen and oxygen atoms in total. The van der Waals surface area contributed by atoms with Crippen LogP contribution in [-0.4, -0.2) is 48.4 Å². The fourth-order valence-electron chi connectivity index (χ4n) is 4.33. The van der Waals surface area contributed by atoms with E-state index in [2.05, 4.69) is 10.0 Å². The van der Waals surface area contributed by atoms with Gasteiger partial charge in [-0.25, -0.2) is 16.8 Å². The van der Waals surface area contributed by atoms with E-state index in [1.807, 2.05) is 13.0 Å². The molecular formula is C30H30N4O9S2. The lowest BCUT2D eigenvalue weighted by Crippen LogP contribution is -2.38. The zero-order chi connectivity index (χ0) is 32.9. The topological polar surface area (TPSA) is 174 Å². The molecule has 4 rings (SSSR count). The number of benzene rings is 4. The number of para-hydroxylation sites is 1. The molecule has 4 aromatic carbocycles. The van der Waals surface area contributed by atoms with Gasteiger partial charge in [0.15, 0.2) is 4.90 Å². The summed E-state index contributed by atoms with van der Waals surface area (Å²) in [6, 6.07) is 19.6. The van der Waals surface area contributed by atoms with Gasteiger partial charge in [0, 0.05) is 17.8 Å². The Hall–Kier alpha value is -5.15. The van der Waals surface area contributed by atoms with Crippen molar-refractivity contribution in [2.45, 2.75) is 23.6 Å². The van der Waals surface area contributed by atoms with E-state index in [0.29, 0.717) is 15.7 Å². The van der Waals surface area contributed by atoms with Gasteiger partial charge in [-0.15, -0.1) is 0 Å². The molecule has 0 unspecified atom stereocenters. The first kappa shape index (κ1) is 32.8. The van der Waals surface area contributed by atoms with Gasteiger partial charge in [0.25, 0.3) is 25.7 Å². The highest BCUT2D eigenvalue weighted by molar-refractivity contribution is 7.93. The Bertz CT molecular complexity index is 1960. The Morgan fingerprint density at radius 2 is 1.58 bits per heavy atom. The third kappa shape index (κ3) is 7.33. The number of nitrogens with zero attached hydrogens (tertiary/aromatic N) is 2. The van der Waals surface area contributed by atoms with Crippen LogP contribution in [-0.2, 0) is 24.8 Å². The van der Waals surface area contributed by atoms with Gasteiger partial charge in [0.2, 0.25) is 5.91 Å². The van der Waals surface area contributed by atoms with Crippen LogP contribution in [0.4, 0.5) is 22.7 Å². The minimum atomic E-state index is -4.71. The highest BCUT2D eigenvalue weighted by Crippen LogP contribution is 2.37. The smallest absolute Gasteiger partial charge is 0.289 e. The number of carbonyl (C=O) groups excluding carboxylic acids is 1. The van der Waals surface area contributed by atoms with Crippen LogP contribution in [0, 0.1) is 24.0 Å². The molecule has 0 radical (unpaired) electrons. The molecule has 0 fully saturated rings. The second-order valence-electron chi connectivity index (χ2n) is 9.77. The number of anilines is 3. The van der Waals surface area contributed by atoms with E-state index in [1.165, 1.54) is 68.8 Å². The van der Waals surface area contributed by atoms with E-state index in [1.54, 1.807) is 19.1 Å². The Morgan fingerprint density at radius 1 is 0.889 bits per heavy atom. The number of ether oxygens (including phenoxy) is 2. The van der Waals surface area contributed by atoms with Crippen molar-refractivity contribution < 1.29 is 36.0 Å². The Morgan fingerprint density at radius 3 is 2.22 bits per heavy atom. The molecule has 0 atom stereocenters. The molecule has 2 N–H and O–H groups in total. The molecule has 45 heavy (non-hydrogen) atoms. The van der Waals surface area contributed by atoms with Crippen molar-refractivity contribution in [3.63, 3.8) is 0 Å². The van der Waals surface area contributed by atoms with Gasteiger partial charge < -0.3 is 14.8 Å². The van der Waals surface area contributed by atoms with Crippen molar-refractivity contribution in [1.29, 1.82) is 0 Å². The summed E-state index contributed by atoms with van der Waals surface area (Å²) in [5.74, 6) is -0.459. The third-order valence-corrected chi connectivity index (χ3v) is 9.85. The summed E-state index contributed by atoms with van der Waals surface area (Å²) in [4.78, 5) is 23.4. The van der Waals surface area contributed by atoms with Gasteiger partial charge in [-0.1, -0.05) is 24.3 Å². The highest BCUT2D eigenvalue weighted by atomic mass is 32.2. The lowest BCUT2D eigenvalue weighted by atomic mass is 10.1. The van der Waals surface area contributed by atoms with Crippen LogP contribution >= 0.6 is 0 Å². The SMILES string of the molecule is COc1ccc(N(CC(=O)Nc2ccc(S(=O)(=O)Nc3cc(C)ccc3C)cc2)S(=O)(=O)c2ccccc2[N+](=O)[O-])c(OC)c1. The maximum atomic E-state index is 13.9. The van der Waals surface area contributed by atoms with E-state index in [-0.39, 0.29) is 22.0 Å². The zero-order valence-electron chi connectivity index (χ0n) is 24.7. The Balaban J connectivity index is 1.64. The minimum absolute atomic E-state index is 0.0233. The number of aryl methyl sites for hydroxylation is 2. The molecule has 0 aliphatic heterocycles. The summed E-state index contributed by atoms with van der Waals surface area (Å²) < 4.78 is 67.6. The Kier molecular flexibility index (Phi) is 9.63. The number of rotatable bonds is 12. The normalized spacial score (nSPS) is 11.4. The monoisotopic (exact) mass is 654 g/mol. The number of nitro groups is 1. The Labute approximate surface area is 260 Å². The molecule has 1 amide bonds. The van der Waals surface area contributed by atoms with E-state index in [4.69, 9.17) is 9.47 Å². The molecule has 0 aromatic heterocycles. The quantitative estimate of drug-likeness (QED) is 0.160. The summed E-state index contributed by atoms with van der Waals surface area (Å²) >= 11 is 0. The standard InChI is InChI=1S/C30H30N4O9S2/c1-20-9-10-21(2)25(17-20)32-44(38,39)24-14-11-22(12-15-24)31-30(35)19-33(26-16-13-23(42-3)18-28(26)43-4)45(40,41)29-8-6-5-7-27(29)34(36)37/h5-18,32H,19H2,1-4H3,(H,31,35). The summed E-state index contributed by atoms with van der Waals surface area (Å²) in [5, 5.41) is 14.2. The van der Waals surface area contributed by atoms with Gasteiger partial charge in [-0.3, -0.25) is 23.9 Å². The molecule has 0 saturated carbocycles. The van der Waals surface area contributed by atoms with Crippen molar-refractivity contribution in [2.75, 3.05) is 35.1 Å². The number of carbonyl (C=O) groups is 1. The largest absolute Gasteiger partial charge is 0.497 e. The van der Waals surface area contributed by atoms with E-state index in [0.717, 1.165) is 23.3 Å². The number of amides is 1. The number of nitro benzene ring substituents is 1. The average molecular weight is 655 g/mol. The second kappa shape index (κ2) is 13.2. The molecule has 236 valence electrons. The van der Waals surface area contributed by atoms with Gasteiger partial charge in [-0.2, -0.15) is 0 Å². The molecule has 0 aliphatic rings. The summed E-state index contributed by atoms with van der Waals surface area (Å²) in [5.41, 5.74) is 1.47. The maximum Gasteiger partial charge on any atom is 0.289 e. The average Bonchev–Trinajstić information content (AvgIpc) is 3.01. The van der Waals surface area contributed by atoms with Crippen LogP contribution in [0.5, 0.6) is 11.5 Å². The van der Waals surface area contributed by atoms with E-state index >= 15 is 0 Å². The maximum absolute atomic E-state index is 13.9. The van der Waals surface area contributed by atoms with E-state index < -0.39 is 48.0 Å². The lowest BCUT2D eigenvalue weighted by molar-refractivity contribution is -0.387. The summed E-state index contributed by atoms with van der Waals surface area (Å²) in [6.45, 7) is 2.80. The predicted molar refractivity (Wildman–Crippen MR) is 169 cm³/mol. The number of sulfonamides is 2. The molecule has 0 saturated heterocycles. The van der Waals surface area contributed by atoms with Crippen molar-refractivity contribution in [3.8, 4) is 11.5 Å². The van der Waals surface area contributed by atoms with Crippen LogP contribution in [0.25, 0.3) is 0 Å². The molecule has 4 aromatic rings. The lowest BCUT2D eigenvalue weighted by Gasteiger charge is -2.25. The molecule has 0 spiro atoms. The van der Waals surface area contributed by atoms with Gasteiger partial charge in [-0.05, 0) is 73.5 Å². The van der Waals surface area contributed by atoms with Gasteiger partial charge in [0.05, 0.1) is 35.4 Å². The minimum Gasteiger partial charge on any atom is -0.497 e. The van der Waals surface area contributed by atoms with Crippen molar-refractivity contribution >= 4 is 48.7 Å². The molecule has 0 bridgehead atoms.